The summed E-state index contributed by atoms with van der Waals surface area (Å²) >= 11 is 0. The number of likely N-dealkylation sites (tertiary alicyclic amines) is 1. The average molecular weight is 432 g/mol. The van der Waals surface area contributed by atoms with E-state index in [0.717, 1.165) is 0 Å². The van der Waals surface area contributed by atoms with Crippen molar-refractivity contribution in [3.63, 3.8) is 0 Å². The molecule has 4 rings (SSSR count). The van der Waals surface area contributed by atoms with Crippen LogP contribution in [-0.4, -0.2) is 94.1 Å². The molecule has 4 aliphatic rings. The van der Waals surface area contributed by atoms with Gasteiger partial charge in [-0.05, 0) is 33.6 Å². The summed E-state index contributed by atoms with van der Waals surface area (Å²) in [6.45, 7) is 7.03. The van der Waals surface area contributed by atoms with E-state index in [1.807, 2.05) is 45.1 Å². The fourth-order valence-electron chi connectivity index (χ4n) is 5.76. The van der Waals surface area contributed by atoms with Gasteiger partial charge in [0.25, 0.3) is 0 Å². The van der Waals surface area contributed by atoms with Crippen molar-refractivity contribution in [3.05, 3.63) is 24.3 Å². The standard InChI is InChI=1S/C23H33N3O5/c1-15(2)25-13-8-10-23-17(16-19(28)24(4)11-7-9-22(16,3)31-23)20(29)26(12-5-6-14-27)18(23)21(25)30/h7-10,15-18,27H,5-6,11-14H2,1-4H3/t16-,17-,18?,22+,23-/m0/s1. The van der Waals surface area contributed by atoms with E-state index < -0.39 is 29.1 Å². The monoisotopic (exact) mass is 431 g/mol. The molecule has 4 heterocycles. The Labute approximate surface area is 183 Å². The number of nitrogens with zero attached hydrogens (tertiary/aromatic N) is 3. The minimum atomic E-state index is -1.19. The molecule has 2 fully saturated rings. The second-order valence-corrected chi connectivity index (χ2v) is 9.57. The predicted molar refractivity (Wildman–Crippen MR) is 114 cm³/mol. The van der Waals surface area contributed by atoms with Gasteiger partial charge in [-0.3, -0.25) is 14.4 Å². The van der Waals surface area contributed by atoms with Crippen LogP contribution in [0.3, 0.4) is 0 Å². The second-order valence-electron chi connectivity index (χ2n) is 9.57. The maximum Gasteiger partial charge on any atom is 0.249 e. The van der Waals surface area contributed by atoms with Crippen molar-refractivity contribution < 1.29 is 24.2 Å². The Bertz CT molecular complexity index is 839. The van der Waals surface area contributed by atoms with Crippen molar-refractivity contribution in [2.75, 3.05) is 33.3 Å². The number of carbonyl (C=O) groups excluding carboxylic acids is 3. The number of aliphatic hydroxyl groups is 1. The highest BCUT2D eigenvalue weighted by Gasteiger charge is 2.74. The minimum Gasteiger partial charge on any atom is -0.396 e. The number of aliphatic hydroxyl groups excluding tert-OH is 1. The maximum absolute atomic E-state index is 13.8. The lowest BCUT2D eigenvalue weighted by Crippen LogP contribution is -2.57. The van der Waals surface area contributed by atoms with Crippen LogP contribution in [0, 0.1) is 11.8 Å². The molecule has 0 saturated carbocycles. The Morgan fingerprint density at radius 1 is 1.06 bits per heavy atom. The molecule has 3 amide bonds. The van der Waals surface area contributed by atoms with Gasteiger partial charge >= 0.3 is 0 Å². The van der Waals surface area contributed by atoms with Crippen LogP contribution < -0.4 is 0 Å². The van der Waals surface area contributed by atoms with Crippen LogP contribution in [-0.2, 0) is 19.1 Å². The van der Waals surface area contributed by atoms with Crippen LogP contribution in [0.25, 0.3) is 0 Å². The molecule has 5 atom stereocenters. The fourth-order valence-corrected chi connectivity index (χ4v) is 5.76. The molecule has 0 aromatic rings. The van der Waals surface area contributed by atoms with E-state index in [0.29, 0.717) is 32.5 Å². The molecule has 0 aliphatic carbocycles. The molecule has 0 radical (unpaired) electrons. The SMILES string of the molecule is CC(C)N1CC=C[C@]23O[C@]4(C)C=CCN(C)C(=O)[C@@H]4[C@H]2C(=O)N(CCCCO)C3C1=O. The van der Waals surface area contributed by atoms with Gasteiger partial charge in [0.2, 0.25) is 17.7 Å². The second kappa shape index (κ2) is 7.74. The Kier molecular flexibility index (Phi) is 5.50. The molecule has 31 heavy (non-hydrogen) atoms. The number of unbranched alkanes of at least 4 members (excludes halogenated alkanes) is 1. The van der Waals surface area contributed by atoms with E-state index in [2.05, 4.69) is 0 Å². The Hall–Kier alpha value is -2.19. The number of ether oxygens (including phenoxy) is 1. The normalized spacial score (nSPS) is 37.3. The van der Waals surface area contributed by atoms with Crippen LogP contribution in [0.5, 0.6) is 0 Å². The predicted octanol–water partition coefficient (Wildman–Crippen LogP) is 0.565. The van der Waals surface area contributed by atoms with Gasteiger partial charge in [-0.25, -0.2) is 0 Å². The first-order valence-electron chi connectivity index (χ1n) is 11.2. The molecule has 2 saturated heterocycles. The van der Waals surface area contributed by atoms with Crippen molar-refractivity contribution in [2.45, 2.75) is 56.9 Å². The zero-order valence-electron chi connectivity index (χ0n) is 18.8. The van der Waals surface area contributed by atoms with Crippen molar-refractivity contribution in [1.29, 1.82) is 0 Å². The first-order valence-corrected chi connectivity index (χ1v) is 11.2. The molecule has 1 N–H and O–H groups in total. The number of hydrogen-bond acceptors (Lipinski definition) is 5. The zero-order valence-corrected chi connectivity index (χ0v) is 18.8. The topological polar surface area (TPSA) is 90.4 Å². The zero-order chi connectivity index (χ0) is 22.6. The van der Waals surface area contributed by atoms with Gasteiger partial charge in [0.05, 0.1) is 17.4 Å². The molecule has 0 aromatic heterocycles. The summed E-state index contributed by atoms with van der Waals surface area (Å²) < 4.78 is 6.67. The minimum absolute atomic E-state index is 0.0263. The van der Waals surface area contributed by atoms with Crippen LogP contribution in [0.4, 0.5) is 0 Å². The Balaban J connectivity index is 1.84. The number of hydrogen-bond donors (Lipinski definition) is 1. The van der Waals surface area contributed by atoms with E-state index in [1.165, 1.54) is 0 Å². The largest absolute Gasteiger partial charge is 0.396 e. The highest BCUT2D eigenvalue weighted by Crippen LogP contribution is 2.57. The number of amides is 3. The average Bonchev–Trinajstić information content (AvgIpc) is 2.97. The lowest BCUT2D eigenvalue weighted by atomic mass is 9.74. The van der Waals surface area contributed by atoms with Gasteiger partial charge in [0.15, 0.2) is 0 Å². The molecule has 4 aliphatic heterocycles. The Morgan fingerprint density at radius 2 is 1.77 bits per heavy atom. The molecule has 170 valence electrons. The molecule has 0 bridgehead atoms. The summed E-state index contributed by atoms with van der Waals surface area (Å²) in [7, 11) is 1.73. The van der Waals surface area contributed by atoms with Crippen molar-refractivity contribution in [3.8, 4) is 0 Å². The molecular weight excluding hydrogens is 398 g/mol. The number of carbonyl (C=O) groups is 3. The maximum atomic E-state index is 13.8. The number of fused-ring (bicyclic) bond motifs is 2. The van der Waals surface area contributed by atoms with E-state index in [1.54, 1.807) is 21.7 Å². The van der Waals surface area contributed by atoms with Crippen LogP contribution in [0.1, 0.15) is 33.6 Å². The van der Waals surface area contributed by atoms with Gasteiger partial charge in [0.1, 0.15) is 11.6 Å². The van der Waals surface area contributed by atoms with Crippen LogP contribution in [0.2, 0.25) is 0 Å². The van der Waals surface area contributed by atoms with Crippen molar-refractivity contribution in [1.82, 2.24) is 14.7 Å². The van der Waals surface area contributed by atoms with Crippen LogP contribution in [0.15, 0.2) is 24.3 Å². The Morgan fingerprint density at radius 3 is 2.45 bits per heavy atom. The highest BCUT2D eigenvalue weighted by molar-refractivity contribution is 6.00. The molecular formula is C23H33N3O5. The first kappa shape index (κ1) is 22.0. The summed E-state index contributed by atoms with van der Waals surface area (Å²) in [6, 6.07) is -0.851. The van der Waals surface area contributed by atoms with Gasteiger partial charge in [-0.1, -0.05) is 24.3 Å². The summed E-state index contributed by atoms with van der Waals surface area (Å²) in [5.74, 6) is -1.95. The summed E-state index contributed by atoms with van der Waals surface area (Å²) in [4.78, 5) is 46.0. The summed E-state index contributed by atoms with van der Waals surface area (Å²) in [5.41, 5.74) is -2.15. The van der Waals surface area contributed by atoms with Gasteiger partial charge in [0, 0.05) is 39.3 Å². The van der Waals surface area contributed by atoms with Gasteiger partial charge in [-0.2, -0.15) is 0 Å². The third-order valence-electron chi connectivity index (χ3n) is 7.22. The summed E-state index contributed by atoms with van der Waals surface area (Å²) in [6.07, 6.45) is 8.68. The van der Waals surface area contributed by atoms with Crippen molar-refractivity contribution >= 4 is 17.7 Å². The van der Waals surface area contributed by atoms with E-state index in [9.17, 15) is 19.5 Å². The lowest BCUT2D eigenvalue weighted by Gasteiger charge is -2.38. The van der Waals surface area contributed by atoms with Crippen LogP contribution >= 0.6 is 0 Å². The number of rotatable bonds is 5. The highest BCUT2D eigenvalue weighted by atomic mass is 16.5. The number of likely N-dealkylation sites (N-methyl/N-ethyl adjacent to an activating group) is 1. The summed E-state index contributed by atoms with van der Waals surface area (Å²) in [5, 5.41) is 9.22. The van der Waals surface area contributed by atoms with E-state index >= 15 is 0 Å². The van der Waals surface area contributed by atoms with E-state index in [4.69, 9.17) is 4.74 Å². The molecule has 0 aromatic carbocycles. The van der Waals surface area contributed by atoms with Gasteiger partial charge < -0.3 is 24.5 Å². The molecule has 8 heteroatoms. The molecule has 1 spiro atoms. The van der Waals surface area contributed by atoms with Crippen molar-refractivity contribution in [2.24, 2.45) is 11.8 Å². The quantitative estimate of drug-likeness (QED) is 0.508. The smallest absolute Gasteiger partial charge is 0.249 e. The molecule has 1 unspecified atom stereocenters. The third-order valence-corrected chi connectivity index (χ3v) is 7.22. The first-order chi connectivity index (χ1) is 14.7. The van der Waals surface area contributed by atoms with E-state index in [-0.39, 0.29) is 30.4 Å². The molecule has 8 nitrogen and oxygen atoms in total. The fraction of sp³-hybridized carbons (Fsp3) is 0.696. The van der Waals surface area contributed by atoms with Gasteiger partial charge in [-0.15, -0.1) is 0 Å². The lowest BCUT2D eigenvalue weighted by molar-refractivity contribution is -0.153. The third kappa shape index (κ3) is 3.14.